The number of ether oxygens (including phenoxy) is 1. The molecule has 2 aromatic rings. The normalized spacial score (nSPS) is 20.5. The van der Waals surface area contributed by atoms with Gasteiger partial charge in [-0.2, -0.15) is 0 Å². The van der Waals surface area contributed by atoms with E-state index in [-0.39, 0.29) is 6.10 Å². The molecule has 0 aromatic heterocycles. The standard InChI is InChI=1S/C21H26O/c1-12-7-15(4)19-11-16(5)21(22-20(19)8-12)18-9-13(2)17(6)14(3)10-18/h7-10,16,21H,11H2,1-6H3. The summed E-state index contributed by atoms with van der Waals surface area (Å²) in [4.78, 5) is 0. The third kappa shape index (κ3) is 2.54. The number of hydrogen-bond acceptors (Lipinski definition) is 1. The Bertz CT molecular complexity index is 704. The van der Waals surface area contributed by atoms with E-state index >= 15 is 0 Å². The number of rotatable bonds is 1. The van der Waals surface area contributed by atoms with E-state index < -0.39 is 0 Å². The summed E-state index contributed by atoms with van der Waals surface area (Å²) >= 11 is 0. The molecule has 0 fully saturated rings. The van der Waals surface area contributed by atoms with Crippen molar-refractivity contribution in [2.75, 3.05) is 0 Å². The molecule has 2 unspecified atom stereocenters. The van der Waals surface area contributed by atoms with Crippen LogP contribution in [0.3, 0.4) is 0 Å². The zero-order valence-electron chi connectivity index (χ0n) is 14.6. The van der Waals surface area contributed by atoms with Crippen LogP contribution in [0.25, 0.3) is 0 Å². The van der Waals surface area contributed by atoms with Gasteiger partial charge in [-0.25, -0.2) is 0 Å². The summed E-state index contributed by atoms with van der Waals surface area (Å²) in [7, 11) is 0. The van der Waals surface area contributed by atoms with Crippen molar-refractivity contribution >= 4 is 0 Å². The van der Waals surface area contributed by atoms with Gasteiger partial charge in [-0.05, 0) is 86.1 Å². The summed E-state index contributed by atoms with van der Waals surface area (Å²) in [6.45, 7) is 13.2. The Labute approximate surface area is 134 Å². The van der Waals surface area contributed by atoms with Gasteiger partial charge in [0.25, 0.3) is 0 Å². The predicted molar refractivity (Wildman–Crippen MR) is 92.8 cm³/mol. The van der Waals surface area contributed by atoms with Crippen molar-refractivity contribution in [1.29, 1.82) is 0 Å². The van der Waals surface area contributed by atoms with Crippen LogP contribution in [0.4, 0.5) is 0 Å². The molecule has 0 saturated heterocycles. The number of aryl methyl sites for hydroxylation is 4. The highest BCUT2D eigenvalue weighted by atomic mass is 16.5. The van der Waals surface area contributed by atoms with Gasteiger partial charge in [0, 0.05) is 5.92 Å². The predicted octanol–water partition coefficient (Wildman–Crippen LogP) is 5.54. The van der Waals surface area contributed by atoms with Crippen LogP contribution in [0.5, 0.6) is 5.75 Å². The summed E-state index contributed by atoms with van der Waals surface area (Å²) in [5.41, 5.74) is 9.44. The van der Waals surface area contributed by atoms with Gasteiger partial charge in [0.2, 0.25) is 0 Å². The minimum atomic E-state index is 0.159. The second-order valence-corrected chi connectivity index (χ2v) is 7.06. The third-order valence-electron chi connectivity index (χ3n) is 5.15. The molecule has 2 aromatic carbocycles. The lowest BCUT2D eigenvalue weighted by Crippen LogP contribution is -2.24. The van der Waals surface area contributed by atoms with Crippen LogP contribution in [0.15, 0.2) is 24.3 Å². The zero-order valence-corrected chi connectivity index (χ0v) is 14.6. The second kappa shape index (κ2) is 5.46. The van der Waals surface area contributed by atoms with Crippen LogP contribution in [-0.2, 0) is 6.42 Å². The van der Waals surface area contributed by atoms with Crippen molar-refractivity contribution in [1.82, 2.24) is 0 Å². The first-order valence-electron chi connectivity index (χ1n) is 8.21. The molecule has 1 heterocycles. The van der Waals surface area contributed by atoms with Crippen LogP contribution in [-0.4, -0.2) is 0 Å². The molecule has 0 aliphatic carbocycles. The molecule has 3 rings (SSSR count). The quantitative estimate of drug-likeness (QED) is 0.671. The van der Waals surface area contributed by atoms with E-state index in [1.807, 2.05) is 0 Å². The topological polar surface area (TPSA) is 9.23 Å². The van der Waals surface area contributed by atoms with E-state index in [2.05, 4.69) is 65.8 Å². The Morgan fingerprint density at radius 2 is 1.50 bits per heavy atom. The van der Waals surface area contributed by atoms with Crippen LogP contribution < -0.4 is 4.74 Å². The lowest BCUT2D eigenvalue weighted by atomic mass is 9.85. The highest BCUT2D eigenvalue weighted by molar-refractivity contribution is 5.46. The molecule has 0 bridgehead atoms. The van der Waals surface area contributed by atoms with Gasteiger partial charge in [-0.15, -0.1) is 0 Å². The SMILES string of the molecule is Cc1cc(C)c2c(c1)OC(c1cc(C)c(C)c(C)c1)C(C)C2. The monoisotopic (exact) mass is 294 g/mol. The second-order valence-electron chi connectivity index (χ2n) is 7.06. The van der Waals surface area contributed by atoms with Gasteiger partial charge >= 0.3 is 0 Å². The Morgan fingerprint density at radius 1 is 0.864 bits per heavy atom. The highest BCUT2D eigenvalue weighted by Crippen LogP contribution is 2.41. The van der Waals surface area contributed by atoms with Crippen LogP contribution in [0, 0.1) is 40.5 Å². The van der Waals surface area contributed by atoms with Crippen LogP contribution in [0.2, 0.25) is 0 Å². The first kappa shape index (κ1) is 15.1. The lowest BCUT2D eigenvalue weighted by Gasteiger charge is -2.33. The van der Waals surface area contributed by atoms with Gasteiger partial charge in [-0.3, -0.25) is 0 Å². The fourth-order valence-electron chi connectivity index (χ4n) is 3.64. The Balaban J connectivity index is 2.03. The lowest BCUT2D eigenvalue weighted by molar-refractivity contribution is 0.123. The average Bonchev–Trinajstić information content (AvgIpc) is 2.44. The van der Waals surface area contributed by atoms with E-state index in [4.69, 9.17) is 4.74 Å². The average molecular weight is 294 g/mol. The highest BCUT2D eigenvalue weighted by Gasteiger charge is 2.29. The van der Waals surface area contributed by atoms with E-state index in [1.165, 1.54) is 38.9 Å². The minimum Gasteiger partial charge on any atom is -0.485 e. The first-order chi connectivity index (χ1) is 10.4. The molecule has 1 aliphatic heterocycles. The fourth-order valence-corrected chi connectivity index (χ4v) is 3.64. The van der Waals surface area contributed by atoms with E-state index in [0.717, 1.165) is 12.2 Å². The largest absolute Gasteiger partial charge is 0.485 e. The van der Waals surface area contributed by atoms with Gasteiger partial charge < -0.3 is 4.74 Å². The molecule has 0 radical (unpaired) electrons. The van der Waals surface area contributed by atoms with E-state index in [9.17, 15) is 0 Å². The molecular weight excluding hydrogens is 268 g/mol. The third-order valence-corrected chi connectivity index (χ3v) is 5.15. The maximum Gasteiger partial charge on any atom is 0.127 e. The Kier molecular flexibility index (Phi) is 3.76. The molecule has 0 saturated carbocycles. The van der Waals surface area contributed by atoms with Crippen molar-refractivity contribution in [3.05, 3.63) is 63.2 Å². The van der Waals surface area contributed by atoms with Crippen molar-refractivity contribution in [2.45, 2.75) is 54.1 Å². The number of hydrogen-bond donors (Lipinski definition) is 0. The molecule has 116 valence electrons. The molecule has 0 spiro atoms. The summed E-state index contributed by atoms with van der Waals surface area (Å²) in [5, 5.41) is 0. The van der Waals surface area contributed by atoms with Crippen LogP contribution in [0.1, 0.15) is 52.0 Å². The maximum absolute atomic E-state index is 6.44. The van der Waals surface area contributed by atoms with Gasteiger partial charge in [0.05, 0.1) is 0 Å². The van der Waals surface area contributed by atoms with E-state index in [1.54, 1.807) is 0 Å². The summed E-state index contributed by atoms with van der Waals surface area (Å²) in [5.74, 6) is 1.58. The molecule has 1 aliphatic rings. The molecule has 0 amide bonds. The molecule has 1 nitrogen and oxygen atoms in total. The summed E-state index contributed by atoms with van der Waals surface area (Å²) in [6, 6.07) is 9.05. The maximum atomic E-state index is 6.44. The minimum absolute atomic E-state index is 0.159. The summed E-state index contributed by atoms with van der Waals surface area (Å²) < 4.78 is 6.44. The van der Waals surface area contributed by atoms with Crippen molar-refractivity contribution < 1.29 is 4.74 Å². The smallest absolute Gasteiger partial charge is 0.127 e. The fraction of sp³-hybridized carbons (Fsp3) is 0.429. The van der Waals surface area contributed by atoms with Crippen molar-refractivity contribution in [3.63, 3.8) is 0 Å². The van der Waals surface area contributed by atoms with Gasteiger partial charge in [-0.1, -0.05) is 25.1 Å². The number of benzene rings is 2. The van der Waals surface area contributed by atoms with Crippen LogP contribution >= 0.6 is 0 Å². The van der Waals surface area contributed by atoms with Gasteiger partial charge in [0.1, 0.15) is 11.9 Å². The molecule has 1 heteroatoms. The zero-order chi connectivity index (χ0) is 16.0. The molecule has 2 atom stereocenters. The Hall–Kier alpha value is -1.76. The Morgan fingerprint density at radius 3 is 2.14 bits per heavy atom. The summed E-state index contributed by atoms with van der Waals surface area (Å²) in [6.07, 6.45) is 1.25. The van der Waals surface area contributed by atoms with E-state index in [0.29, 0.717) is 5.92 Å². The van der Waals surface area contributed by atoms with Crippen molar-refractivity contribution in [3.8, 4) is 5.75 Å². The molecule has 0 N–H and O–H groups in total. The molecular formula is C21H26O. The number of fused-ring (bicyclic) bond motifs is 1. The van der Waals surface area contributed by atoms with Crippen molar-refractivity contribution in [2.24, 2.45) is 5.92 Å². The first-order valence-corrected chi connectivity index (χ1v) is 8.21. The molecule has 22 heavy (non-hydrogen) atoms. The van der Waals surface area contributed by atoms with Gasteiger partial charge in [0.15, 0.2) is 0 Å².